The molecule has 0 atom stereocenters. The van der Waals surface area contributed by atoms with Gasteiger partial charge in [-0.15, -0.1) is 0 Å². The van der Waals surface area contributed by atoms with Gasteiger partial charge >= 0.3 is 0 Å². The Hall–Kier alpha value is -2.48. The maximum absolute atomic E-state index is 14.7. The van der Waals surface area contributed by atoms with Crippen LogP contribution in [0.3, 0.4) is 0 Å². The third-order valence-electron chi connectivity index (χ3n) is 5.22. The Kier molecular flexibility index (Phi) is 7.36. The molecule has 0 aliphatic heterocycles. The predicted molar refractivity (Wildman–Crippen MR) is 115 cm³/mol. The molecule has 3 aromatic carbocycles. The number of hydrogen-bond donors (Lipinski definition) is 0. The van der Waals surface area contributed by atoms with Gasteiger partial charge in [-0.05, 0) is 54.5 Å². The molecule has 0 fully saturated rings. The fourth-order valence-corrected chi connectivity index (χ4v) is 3.48. The largest absolute Gasteiger partial charge is 0.251 e. The molecular formula is C26H28F2. The van der Waals surface area contributed by atoms with Crippen LogP contribution >= 0.6 is 0 Å². The number of halogens is 2. The first kappa shape index (κ1) is 20.3. The molecule has 0 nitrogen and oxygen atoms in total. The van der Waals surface area contributed by atoms with E-state index in [1.807, 2.05) is 43.3 Å². The summed E-state index contributed by atoms with van der Waals surface area (Å²) < 4.78 is 26.7. The molecule has 0 aromatic heterocycles. The van der Waals surface area contributed by atoms with Gasteiger partial charge in [0, 0.05) is 5.56 Å². The van der Waals surface area contributed by atoms with Crippen molar-refractivity contribution in [3.05, 3.63) is 83.7 Å². The van der Waals surface area contributed by atoms with Gasteiger partial charge in [0.2, 0.25) is 0 Å². The number of hydrogen-bond acceptors (Lipinski definition) is 0. The highest BCUT2D eigenvalue weighted by atomic mass is 19.1. The van der Waals surface area contributed by atoms with Crippen LogP contribution in [-0.2, 0) is 6.42 Å². The van der Waals surface area contributed by atoms with Crippen molar-refractivity contribution in [3.63, 3.8) is 0 Å². The van der Waals surface area contributed by atoms with E-state index >= 15 is 0 Å². The first-order chi connectivity index (χ1) is 13.7. The van der Waals surface area contributed by atoms with Crippen LogP contribution in [0.25, 0.3) is 22.3 Å². The first-order valence-electron chi connectivity index (χ1n) is 10.2. The Morgan fingerprint density at radius 1 is 0.643 bits per heavy atom. The number of alkyl halides is 1. The topological polar surface area (TPSA) is 0 Å². The minimum atomic E-state index is -0.200. The summed E-state index contributed by atoms with van der Waals surface area (Å²) in [4.78, 5) is 0. The summed E-state index contributed by atoms with van der Waals surface area (Å²) in [6, 6.07) is 21.8. The van der Waals surface area contributed by atoms with E-state index < -0.39 is 0 Å². The maximum atomic E-state index is 14.7. The minimum Gasteiger partial charge on any atom is -0.251 e. The van der Waals surface area contributed by atoms with Gasteiger partial charge in [-0.2, -0.15) is 0 Å². The van der Waals surface area contributed by atoms with Gasteiger partial charge in [-0.3, -0.25) is 4.39 Å². The Labute approximate surface area is 167 Å². The zero-order chi connectivity index (χ0) is 19.8. The Morgan fingerprint density at radius 2 is 1.25 bits per heavy atom. The lowest BCUT2D eigenvalue weighted by atomic mass is 9.97. The molecular weight excluding hydrogens is 350 g/mol. The average Bonchev–Trinajstić information content (AvgIpc) is 2.72. The second-order valence-corrected chi connectivity index (χ2v) is 7.46. The summed E-state index contributed by atoms with van der Waals surface area (Å²) in [5.41, 5.74) is 5.92. The molecule has 2 heteroatoms. The lowest BCUT2D eigenvalue weighted by molar-refractivity contribution is 0.451. The van der Waals surface area contributed by atoms with Crippen molar-refractivity contribution >= 4 is 0 Å². The third kappa shape index (κ3) is 5.51. The third-order valence-corrected chi connectivity index (χ3v) is 5.22. The summed E-state index contributed by atoms with van der Waals surface area (Å²) in [7, 11) is 0. The molecule has 146 valence electrons. The molecule has 3 aromatic rings. The van der Waals surface area contributed by atoms with E-state index in [4.69, 9.17) is 0 Å². The number of rotatable bonds is 9. The molecule has 28 heavy (non-hydrogen) atoms. The fraction of sp³-hybridized carbons (Fsp3) is 0.308. The average molecular weight is 379 g/mol. The molecule has 0 unspecified atom stereocenters. The molecule has 0 saturated heterocycles. The van der Waals surface area contributed by atoms with Crippen LogP contribution in [0.4, 0.5) is 8.78 Å². The maximum Gasteiger partial charge on any atom is 0.131 e. The van der Waals surface area contributed by atoms with Crippen LogP contribution in [0.15, 0.2) is 66.7 Å². The van der Waals surface area contributed by atoms with Crippen molar-refractivity contribution in [1.82, 2.24) is 0 Å². The molecule has 0 aliphatic carbocycles. The summed E-state index contributed by atoms with van der Waals surface area (Å²) in [6.07, 6.45) is 6.09. The van der Waals surface area contributed by atoms with Gasteiger partial charge in [-0.1, -0.05) is 85.5 Å². The van der Waals surface area contributed by atoms with Crippen molar-refractivity contribution in [3.8, 4) is 22.3 Å². The zero-order valence-electron chi connectivity index (χ0n) is 16.6. The van der Waals surface area contributed by atoms with E-state index in [0.29, 0.717) is 12.0 Å². The second kappa shape index (κ2) is 10.2. The van der Waals surface area contributed by atoms with E-state index in [-0.39, 0.29) is 12.5 Å². The van der Waals surface area contributed by atoms with Crippen molar-refractivity contribution in [1.29, 1.82) is 0 Å². The first-order valence-corrected chi connectivity index (χ1v) is 10.2. The monoisotopic (exact) mass is 378 g/mol. The van der Waals surface area contributed by atoms with E-state index in [0.717, 1.165) is 48.8 Å². The quantitative estimate of drug-likeness (QED) is 0.332. The van der Waals surface area contributed by atoms with Crippen molar-refractivity contribution in [2.45, 2.75) is 45.4 Å². The van der Waals surface area contributed by atoms with E-state index in [9.17, 15) is 8.78 Å². The molecule has 0 heterocycles. The van der Waals surface area contributed by atoms with E-state index in [1.165, 1.54) is 11.1 Å². The van der Waals surface area contributed by atoms with Crippen LogP contribution in [0.1, 0.15) is 43.2 Å². The van der Waals surface area contributed by atoms with E-state index in [2.05, 4.69) is 24.3 Å². The number of aryl methyl sites for hydroxylation is 2. The summed E-state index contributed by atoms with van der Waals surface area (Å²) in [6.45, 7) is 1.83. The van der Waals surface area contributed by atoms with Gasteiger partial charge in [0.15, 0.2) is 0 Å². The smallest absolute Gasteiger partial charge is 0.131 e. The van der Waals surface area contributed by atoms with Gasteiger partial charge in [0.05, 0.1) is 6.67 Å². The van der Waals surface area contributed by atoms with Crippen molar-refractivity contribution < 1.29 is 8.78 Å². The summed E-state index contributed by atoms with van der Waals surface area (Å²) in [5.74, 6) is -0.196. The van der Waals surface area contributed by atoms with Crippen LogP contribution in [-0.4, -0.2) is 6.67 Å². The second-order valence-electron chi connectivity index (χ2n) is 7.46. The molecule has 0 bridgehead atoms. The van der Waals surface area contributed by atoms with Crippen molar-refractivity contribution in [2.75, 3.05) is 6.67 Å². The van der Waals surface area contributed by atoms with Gasteiger partial charge in [0.25, 0.3) is 0 Å². The summed E-state index contributed by atoms with van der Waals surface area (Å²) in [5, 5.41) is 0. The number of benzene rings is 3. The van der Waals surface area contributed by atoms with Crippen molar-refractivity contribution in [2.24, 2.45) is 0 Å². The van der Waals surface area contributed by atoms with Gasteiger partial charge < -0.3 is 0 Å². The van der Waals surface area contributed by atoms with Crippen LogP contribution in [0.2, 0.25) is 0 Å². The predicted octanol–water partition coefficient (Wildman–Crippen LogP) is 7.93. The normalized spacial score (nSPS) is 11.0. The molecule has 0 amide bonds. The molecule has 0 spiro atoms. The Balaban J connectivity index is 1.62. The Bertz CT molecular complexity index is 864. The zero-order valence-corrected chi connectivity index (χ0v) is 16.6. The van der Waals surface area contributed by atoms with Crippen LogP contribution in [0.5, 0.6) is 0 Å². The van der Waals surface area contributed by atoms with Crippen LogP contribution < -0.4 is 0 Å². The van der Waals surface area contributed by atoms with E-state index in [1.54, 1.807) is 6.07 Å². The highest BCUT2D eigenvalue weighted by Crippen LogP contribution is 2.28. The van der Waals surface area contributed by atoms with Gasteiger partial charge in [0.1, 0.15) is 5.82 Å². The number of unbranched alkanes of at least 4 members (excludes halogenated alkanes) is 4. The molecule has 0 N–H and O–H groups in total. The molecule has 0 radical (unpaired) electrons. The SMILES string of the molecule is Cc1ccc(-c2ccc(-c3ccc(CCCCCCCF)cc3)cc2F)cc1. The lowest BCUT2D eigenvalue weighted by Gasteiger charge is -2.08. The molecule has 0 aliphatic rings. The standard InChI is InChI=1S/C26H28F2/c1-20-8-12-23(13-9-20)25-17-16-24(19-26(25)28)22-14-10-21(11-15-22)7-5-3-2-4-6-18-27/h8-17,19H,2-7,18H2,1H3. The highest BCUT2D eigenvalue weighted by molar-refractivity contribution is 5.71. The highest BCUT2D eigenvalue weighted by Gasteiger charge is 2.07. The lowest BCUT2D eigenvalue weighted by Crippen LogP contribution is -1.89. The van der Waals surface area contributed by atoms with Crippen LogP contribution in [0, 0.1) is 12.7 Å². The Morgan fingerprint density at radius 3 is 1.93 bits per heavy atom. The van der Waals surface area contributed by atoms with Gasteiger partial charge in [-0.25, -0.2) is 4.39 Å². The molecule has 3 rings (SSSR count). The minimum absolute atomic E-state index is 0.196. The fourth-order valence-electron chi connectivity index (χ4n) is 3.48. The summed E-state index contributed by atoms with van der Waals surface area (Å²) >= 11 is 0. The molecule has 0 saturated carbocycles.